The number of carbonyl (C=O) groups excluding carboxylic acids is 2. The normalized spacial score (nSPS) is 34.2. The van der Waals surface area contributed by atoms with E-state index in [-0.39, 0.29) is 5.78 Å². The smallest absolute Gasteiger partial charge is 0.303 e. The Balaban J connectivity index is 2.27. The van der Waals surface area contributed by atoms with E-state index in [1.54, 1.807) is 19.9 Å². The second kappa shape index (κ2) is 6.92. The zero-order valence-electron chi connectivity index (χ0n) is 13.4. The number of aliphatic hydroxyl groups excluding tert-OH is 1. The Bertz CT molecular complexity index is 511. The van der Waals surface area contributed by atoms with E-state index in [9.17, 15) is 14.7 Å². The van der Waals surface area contributed by atoms with Gasteiger partial charge in [0.2, 0.25) is 0 Å². The molecule has 1 N–H and O–H groups in total. The SMILES string of the molecule is C=CC[C@H](OC(C)=O)[C@H]1OC(C)(C)O[C@H]1C1OC(O)C=CC1=O. The summed E-state index contributed by atoms with van der Waals surface area (Å²) in [4.78, 5) is 23.4. The van der Waals surface area contributed by atoms with E-state index in [0.717, 1.165) is 0 Å². The summed E-state index contributed by atoms with van der Waals surface area (Å²) in [5.41, 5.74) is 0. The molecular formula is C16H22O7. The molecule has 5 atom stereocenters. The van der Waals surface area contributed by atoms with E-state index < -0.39 is 42.5 Å². The summed E-state index contributed by atoms with van der Waals surface area (Å²) in [6, 6.07) is 0. The number of ether oxygens (including phenoxy) is 4. The van der Waals surface area contributed by atoms with Gasteiger partial charge in [-0.25, -0.2) is 0 Å². The quantitative estimate of drug-likeness (QED) is 0.592. The van der Waals surface area contributed by atoms with Crippen LogP contribution in [-0.2, 0) is 28.5 Å². The summed E-state index contributed by atoms with van der Waals surface area (Å²) in [7, 11) is 0. The Labute approximate surface area is 134 Å². The molecule has 0 saturated carbocycles. The van der Waals surface area contributed by atoms with E-state index in [1.165, 1.54) is 19.1 Å². The van der Waals surface area contributed by atoms with E-state index in [4.69, 9.17) is 18.9 Å². The molecule has 2 aliphatic heterocycles. The number of hydrogen-bond donors (Lipinski definition) is 1. The average molecular weight is 326 g/mol. The maximum absolute atomic E-state index is 12.1. The van der Waals surface area contributed by atoms with Crippen LogP contribution in [0.4, 0.5) is 0 Å². The first-order valence-electron chi connectivity index (χ1n) is 7.43. The molecule has 0 spiro atoms. The van der Waals surface area contributed by atoms with Crippen molar-refractivity contribution in [2.45, 2.75) is 63.7 Å². The molecule has 0 aromatic heterocycles. The number of hydrogen-bond acceptors (Lipinski definition) is 7. The molecular weight excluding hydrogens is 304 g/mol. The van der Waals surface area contributed by atoms with Crippen molar-refractivity contribution in [2.75, 3.05) is 0 Å². The van der Waals surface area contributed by atoms with Crippen LogP contribution in [0.5, 0.6) is 0 Å². The Kier molecular flexibility index (Phi) is 5.36. The predicted octanol–water partition coefficient (Wildman–Crippen LogP) is 0.857. The fourth-order valence-corrected chi connectivity index (χ4v) is 2.74. The first kappa shape index (κ1) is 17.8. The van der Waals surface area contributed by atoms with Crippen molar-refractivity contribution in [3.05, 3.63) is 24.8 Å². The molecule has 1 saturated heterocycles. The topological polar surface area (TPSA) is 91.3 Å². The molecule has 0 aromatic carbocycles. The van der Waals surface area contributed by atoms with Crippen molar-refractivity contribution in [3.8, 4) is 0 Å². The van der Waals surface area contributed by atoms with Crippen LogP contribution in [-0.4, -0.2) is 53.4 Å². The van der Waals surface area contributed by atoms with Gasteiger partial charge in [-0.1, -0.05) is 6.08 Å². The van der Waals surface area contributed by atoms with Gasteiger partial charge < -0.3 is 24.1 Å². The largest absolute Gasteiger partial charge is 0.459 e. The monoisotopic (exact) mass is 326 g/mol. The molecule has 0 aliphatic carbocycles. The summed E-state index contributed by atoms with van der Waals surface area (Å²) < 4.78 is 22.2. The molecule has 128 valence electrons. The van der Waals surface area contributed by atoms with Gasteiger partial charge in [0.05, 0.1) is 0 Å². The number of aliphatic hydroxyl groups is 1. The third-order valence-electron chi connectivity index (χ3n) is 3.54. The third kappa shape index (κ3) is 4.26. The fourth-order valence-electron chi connectivity index (χ4n) is 2.74. The number of ketones is 1. The maximum Gasteiger partial charge on any atom is 0.303 e. The van der Waals surface area contributed by atoms with Gasteiger partial charge in [0, 0.05) is 13.3 Å². The summed E-state index contributed by atoms with van der Waals surface area (Å²) >= 11 is 0. The number of carbonyl (C=O) groups is 2. The Morgan fingerprint density at radius 3 is 2.83 bits per heavy atom. The minimum atomic E-state index is -1.20. The Hall–Kier alpha value is -1.54. The molecule has 2 rings (SSSR count). The lowest BCUT2D eigenvalue weighted by Crippen LogP contribution is -2.50. The second-order valence-electron chi connectivity index (χ2n) is 5.95. The van der Waals surface area contributed by atoms with Crippen LogP contribution in [0.2, 0.25) is 0 Å². The van der Waals surface area contributed by atoms with Crippen molar-refractivity contribution >= 4 is 11.8 Å². The van der Waals surface area contributed by atoms with Gasteiger partial charge in [0.15, 0.2) is 24.0 Å². The molecule has 2 unspecified atom stereocenters. The van der Waals surface area contributed by atoms with Crippen LogP contribution in [0.25, 0.3) is 0 Å². The van der Waals surface area contributed by atoms with Crippen LogP contribution in [0.1, 0.15) is 27.2 Å². The van der Waals surface area contributed by atoms with Crippen LogP contribution in [0.15, 0.2) is 24.8 Å². The minimum absolute atomic E-state index is 0.333. The molecule has 0 bridgehead atoms. The first-order valence-corrected chi connectivity index (χ1v) is 7.43. The molecule has 7 nitrogen and oxygen atoms in total. The summed E-state index contributed by atoms with van der Waals surface area (Å²) in [5, 5.41) is 9.60. The minimum Gasteiger partial charge on any atom is -0.459 e. The van der Waals surface area contributed by atoms with Gasteiger partial charge in [-0.15, -0.1) is 6.58 Å². The lowest BCUT2D eigenvalue weighted by Gasteiger charge is -2.31. The fraction of sp³-hybridized carbons (Fsp3) is 0.625. The summed E-state index contributed by atoms with van der Waals surface area (Å²) in [6.07, 6.45) is -0.0166. The van der Waals surface area contributed by atoms with Gasteiger partial charge in [-0.2, -0.15) is 0 Å². The number of esters is 1. The standard InChI is InChI=1S/C16H22O7/c1-5-6-11(20-9(2)17)14-15(23-16(3,4)22-14)13-10(18)7-8-12(19)21-13/h5,7-8,11-15,19H,1,6H2,2-4H3/t11-,12?,13?,14+,15-/m0/s1. The van der Waals surface area contributed by atoms with Crippen LogP contribution in [0.3, 0.4) is 0 Å². The van der Waals surface area contributed by atoms with Gasteiger partial charge in [0.1, 0.15) is 18.3 Å². The van der Waals surface area contributed by atoms with E-state index in [0.29, 0.717) is 6.42 Å². The molecule has 0 aromatic rings. The second-order valence-corrected chi connectivity index (χ2v) is 5.95. The Morgan fingerprint density at radius 1 is 1.52 bits per heavy atom. The maximum atomic E-state index is 12.1. The zero-order valence-corrected chi connectivity index (χ0v) is 13.4. The molecule has 0 radical (unpaired) electrons. The highest BCUT2D eigenvalue weighted by molar-refractivity contribution is 5.94. The lowest BCUT2D eigenvalue weighted by molar-refractivity contribution is -0.185. The van der Waals surface area contributed by atoms with Crippen molar-refractivity contribution in [1.29, 1.82) is 0 Å². The van der Waals surface area contributed by atoms with Crippen LogP contribution >= 0.6 is 0 Å². The molecule has 2 heterocycles. The lowest BCUT2D eigenvalue weighted by atomic mass is 9.97. The van der Waals surface area contributed by atoms with Crippen LogP contribution < -0.4 is 0 Å². The molecule has 23 heavy (non-hydrogen) atoms. The van der Waals surface area contributed by atoms with Crippen molar-refractivity contribution < 1.29 is 33.6 Å². The van der Waals surface area contributed by atoms with E-state index >= 15 is 0 Å². The average Bonchev–Trinajstić information content (AvgIpc) is 2.76. The van der Waals surface area contributed by atoms with E-state index in [2.05, 4.69) is 6.58 Å². The van der Waals surface area contributed by atoms with Gasteiger partial charge in [-0.3, -0.25) is 9.59 Å². The highest BCUT2D eigenvalue weighted by atomic mass is 16.8. The highest BCUT2D eigenvalue weighted by Gasteiger charge is 2.52. The highest BCUT2D eigenvalue weighted by Crippen LogP contribution is 2.35. The third-order valence-corrected chi connectivity index (χ3v) is 3.54. The predicted molar refractivity (Wildman–Crippen MR) is 79.2 cm³/mol. The summed E-state index contributed by atoms with van der Waals surface area (Å²) in [6.45, 7) is 8.32. The van der Waals surface area contributed by atoms with Crippen molar-refractivity contribution in [3.63, 3.8) is 0 Å². The molecule has 0 amide bonds. The summed E-state index contributed by atoms with van der Waals surface area (Å²) in [5.74, 6) is -1.79. The number of rotatable bonds is 5. The van der Waals surface area contributed by atoms with Gasteiger partial charge in [-0.05, 0) is 26.0 Å². The Morgan fingerprint density at radius 2 is 2.22 bits per heavy atom. The van der Waals surface area contributed by atoms with Crippen molar-refractivity contribution in [1.82, 2.24) is 0 Å². The van der Waals surface area contributed by atoms with Gasteiger partial charge in [0.25, 0.3) is 0 Å². The molecule has 1 fully saturated rings. The van der Waals surface area contributed by atoms with Crippen molar-refractivity contribution in [2.24, 2.45) is 0 Å². The molecule has 2 aliphatic rings. The first-order chi connectivity index (χ1) is 10.7. The van der Waals surface area contributed by atoms with E-state index in [1.807, 2.05) is 0 Å². The zero-order chi connectivity index (χ0) is 17.2. The van der Waals surface area contributed by atoms with Crippen LogP contribution in [0, 0.1) is 0 Å². The molecule has 7 heteroatoms. The van der Waals surface area contributed by atoms with Gasteiger partial charge >= 0.3 is 5.97 Å².